The molecule has 2 nitrogen and oxygen atoms in total. The zero-order valence-electron chi connectivity index (χ0n) is 8.47. The van der Waals surface area contributed by atoms with Gasteiger partial charge < -0.3 is 5.32 Å². The molecule has 0 aromatic carbocycles. The Labute approximate surface area is 81.7 Å². The molecule has 0 aromatic rings. The minimum atomic E-state index is 0.847. The second-order valence-electron chi connectivity index (χ2n) is 4.25. The zero-order valence-corrected chi connectivity index (χ0v) is 8.47. The minimum Gasteiger partial charge on any atom is -0.317 e. The van der Waals surface area contributed by atoms with E-state index in [2.05, 4.69) is 16.8 Å². The second kappa shape index (κ2) is 4.97. The molecule has 2 fully saturated rings. The molecule has 13 heavy (non-hydrogen) atoms. The topological polar surface area (TPSA) is 15.3 Å². The van der Waals surface area contributed by atoms with Crippen molar-refractivity contribution < 1.29 is 0 Å². The highest BCUT2D eigenvalue weighted by Gasteiger charge is 2.21. The largest absolute Gasteiger partial charge is 0.317 e. The van der Waals surface area contributed by atoms with Gasteiger partial charge in [-0.2, -0.15) is 0 Å². The van der Waals surface area contributed by atoms with Crippen molar-refractivity contribution in [1.82, 2.24) is 10.2 Å². The zero-order chi connectivity index (χ0) is 8.93. The highest BCUT2D eigenvalue weighted by atomic mass is 15.2. The van der Waals surface area contributed by atoms with Crippen LogP contribution in [0.4, 0.5) is 0 Å². The number of piperidine rings is 1. The SMILES string of the molecule is [CH]1CCCCCN1C1CCNCC1. The smallest absolute Gasteiger partial charge is 0.0254 e. The van der Waals surface area contributed by atoms with Gasteiger partial charge in [-0.05, 0) is 45.3 Å². The van der Waals surface area contributed by atoms with Crippen LogP contribution in [0, 0.1) is 6.54 Å². The summed E-state index contributed by atoms with van der Waals surface area (Å²) in [6, 6.07) is 0.847. The van der Waals surface area contributed by atoms with Gasteiger partial charge in [-0.1, -0.05) is 12.8 Å². The first-order valence-electron chi connectivity index (χ1n) is 5.76. The van der Waals surface area contributed by atoms with Gasteiger partial charge in [-0.25, -0.2) is 0 Å². The molecule has 2 aliphatic rings. The summed E-state index contributed by atoms with van der Waals surface area (Å²) >= 11 is 0. The normalized spacial score (nSPS) is 28.6. The molecular formula is C11H21N2. The summed E-state index contributed by atoms with van der Waals surface area (Å²) in [5, 5.41) is 3.43. The quantitative estimate of drug-likeness (QED) is 0.663. The van der Waals surface area contributed by atoms with Crippen LogP contribution in [0.25, 0.3) is 0 Å². The van der Waals surface area contributed by atoms with Gasteiger partial charge in [0.1, 0.15) is 0 Å². The van der Waals surface area contributed by atoms with E-state index in [1.54, 1.807) is 0 Å². The molecule has 0 spiro atoms. The van der Waals surface area contributed by atoms with Crippen molar-refractivity contribution in [3.8, 4) is 0 Å². The predicted octanol–water partition coefficient (Wildman–Crippen LogP) is 1.78. The molecule has 1 radical (unpaired) electrons. The molecule has 75 valence electrons. The molecule has 2 heterocycles. The van der Waals surface area contributed by atoms with Gasteiger partial charge in [-0.15, -0.1) is 0 Å². The van der Waals surface area contributed by atoms with Gasteiger partial charge in [0.05, 0.1) is 0 Å². The highest BCUT2D eigenvalue weighted by Crippen LogP contribution is 2.20. The third-order valence-electron chi connectivity index (χ3n) is 3.26. The lowest BCUT2D eigenvalue weighted by molar-refractivity contribution is 0.202. The molecule has 2 saturated heterocycles. The van der Waals surface area contributed by atoms with E-state index >= 15 is 0 Å². The Morgan fingerprint density at radius 3 is 2.77 bits per heavy atom. The van der Waals surface area contributed by atoms with Gasteiger partial charge in [0.2, 0.25) is 0 Å². The molecule has 0 aliphatic carbocycles. The molecule has 2 rings (SSSR count). The van der Waals surface area contributed by atoms with Crippen LogP contribution in [-0.4, -0.2) is 30.6 Å². The van der Waals surface area contributed by atoms with E-state index < -0.39 is 0 Å². The van der Waals surface area contributed by atoms with E-state index in [1.807, 2.05) is 0 Å². The van der Waals surface area contributed by atoms with E-state index in [4.69, 9.17) is 0 Å². The Hall–Kier alpha value is -0.0800. The molecule has 0 amide bonds. The molecule has 0 aromatic heterocycles. The Morgan fingerprint density at radius 1 is 1.08 bits per heavy atom. The lowest BCUT2D eigenvalue weighted by Crippen LogP contribution is -2.41. The predicted molar refractivity (Wildman–Crippen MR) is 55.4 cm³/mol. The number of rotatable bonds is 1. The molecule has 0 saturated carbocycles. The van der Waals surface area contributed by atoms with Crippen LogP contribution in [0.2, 0.25) is 0 Å². The summed E-state index contributed by atoms with van der Waals surface area (Å²) in [6.45, 7) is 6.21. The summed E-state index contributed by atoms with van der Waals surface area (Å²) in [6.07, 6.45) is 8.23. The van der Waals surface area contributed by atoms with Crippen molar-refractivity contribution in [2.75, 3.05) is 19.6 Å². The summed E-state index contributed by atoms with van der Waals surface area (Å²) in [5.41, 5.74) is 0. The maximum Gasteiger partial charge on any atom is 0.0254 e. The van der Waals surface area contributed by atoms with E-state index in [0.29, 0.717) is 0 Å². The van der Waals surface area contributed by atoms with Crippen molar-refractivity contribution in [2.24, 2.45) is 0 Å². The van der Waals surface area contributed by atoms with Crippen LogP contribution < -0.4 is 5.32 Å². The van der Waals surface area contributed by atoms with Crippen molar-refractivity contribution in [3.05, 3.63) is 6.54 Å². The molecule has 0 bridgehead atoms. The summed E-state index contributed by atoms with van der Waals surface area (Å²) in [4.78, 5) is 2.62. The Bertz CT molecular complexity index is 133. The first-order valence-corrected chi connectivity index (χ1v) is 5.76. The van der Waals surface area contributed by atoms with Gasteiger partial charge in [0, 0.05) is 12.6 Å². The average molecular weight is 181 g/mol. The summed E-state index contributed by atoms with van der Waals surface area (Å²) in [7, 11) is 0. The van der Waals surface area contributed by atoms with Crippen LogP contribution in [0.1, 0.15) is 38.5 Å². The molecule has 0 unspecified atom stereocenters. The Kier molecular flexibility index (Phi) is 3.62. The van der Waals surface area contributed by atoms with E-state index in [9.17, 15) is 0 Å². The third-order valence-corrected chi connectivity index (χ3v) is 3.26. The summed E-state index contributed by atoms with van der Waals surface area (Å²) < 4.78 is 0. The van der Waals surface area contributed by atoms with Crippen LogP contribution in [-0.2, 0) is 0 Å². The van der Waals surface area contributed by atoms with Crippen LogP contribution in [0.5, 0.6) is 0 Å². The fraction of sp³-hybridized carbons (Fsp3) is 0.909. The van der Waals surface area contributed by atoms with E-state index in [1.165, 1.54) is 58.2 Å². The molecule has 2 aliphatic heterocycles. The number of hydrogen-bond donors (Lipinski definition) is 1. The van der Waals surface area contributed by atoms with Gasteiger partial charge in [0.15, 0.2) is 0 Å². The monoisotopic (exact) mass is 181 g/mol. The van der Waals surface area contributed by atoms with Gasteiger partial charge in [-0.3, -0.25) is 4.90 Å². The van der Waals surface area contributed by atoms with Crippen molar-refractivity contribution in [3.63, 3.8) is 0 Å². The third kappa shape index (κ3) is 2.68. The molecule has 2 heteroatoms. The Balaban J connectivity index is 1.82. The van der Waals surface area contributed by atoms with Crippen LogP contribution in [0.15, 0.2) is 0 Å². The average Bonchev–Trinajstić information content (AvgIpc) is 2.47. The maximum atomic E-state index is 3.43. The van der Waals surface area contributed by atoms with Crippen LogP contribution >= 0.6 is 0 Å². The van der Waals surface area contributed by atoms with Gasteiger partial charge >= 0.3 is 0 Å². The van der Waals surface area contributed by atoms with Crippen molar-refractivity contribution in [1.29, 1.82) is 0 Å². The lowest BCUT2D eigenvalue weighted by atomic mass is 10.0. The maximum absolute atomic E-state index is 3.43. The first kappa shape index (κ1) is 9.47. The number of nitrogens with zero attached hydrogens (tertiary/aromatic N) is 1. The van der Waals surface area contributed by atoms with Gasteiger partial charge in [0.25, 0.3) is 0 Å². The lowest BCUT2D eigenvalue weighted by Gasteiger charge is -2.33. The van der Waals surface area contributed by atoms with Crippen molar-refractivity contribution >= 4 is 0 Å². The highest BCUT2D eigenvalue weighted by molar-refractivity contribution is 4.83. The minimum absolute atomic E-state index is 0.847. The van der Waals surface area contributed by atoms with E-state index in [-0.39, 0.29) is 0 Å². The van der Waals surface area contributed by atoms with Crippen molar-refractivity contribution in [2.45, 2.75) is 44.6 Å². The Morgan fingerprint density at radius 2 is 1.92 bits per heavy atom. The first-order chi connectivity index (χ1) is 6.47. The molecule has 1 N–H and O–H groups in total. The van der Waals surface area contributed by atoms with Crippen LogP contribution in [0.3, 0.4) is 0 Å². The number of likely N-dealkylation sites (tertiary alicyclic amines) is 1. The number of nitrogens with one attached hydrogen (secondary N) is 1. The second-order valence-corrected chi connectivity index (χ2v) is 4.25. The standard InChI is InChI=1S/C11H21N2/c1-2-4-10-13(9-3-1)11-5-7-12-8-6-11/h9,11-12H,1-8,10H2. The summed E-state index contributed by atoms with van der Waals surface area (Å²) in [5.74, 6) is 0. The van der Waals surface area contributed by atoms with E-state index in [0.717, 1.165) is 6.04 Å². The number of hydrogen-bond acceptors (Lipinski definition) is 2. The molecule has 0 atom stereocenters. The molecular weight excluding hydrogens is 160 g/mol. The fourth-order valence-corrected chi connectivity index (χ4v) is 2.43. The fourth-order valence-electron chi connectivity index (χ4n) is 2.43.